The third-order valence-corrected chi connectivity index (χ3v) is 5.52. The van der Waals surface area contributed by atoms with Gasteiger partial charge in [0.25, 0.3) is 5.56 Å². The number of nitrogens with zero attached hydrogens (tertiary/aromatic N) is 1. The summed E-state index contributed by atoms with van der Waals surface area (Å²) in [6.45, 7) is 2.64. The van der Waals surface area contributed by atoms with Crippen LogP contribution >= 0.6 is 0 Å². The molecular weight excluding hydrogens is 526 g/mol. The lowest BCUT2D eigenvalue weighted by atomic mass is 10.1. The maximum Gasteiger partial charge on any atom is 0.419 e. The van der Waals surface area contributed by atoms with Crippen LogP contribution in [0.5, 0.6) is 0 Å². The van der Waals surface area contributed by atoms with E-state index in [0.717, 1.165) is 12.1 Å². The monoisotopic (exact) mass is 551 g/mol. The standard InChI is InChI=1S/C26H25F4N3O6/c1-15(34)38-12-9-31-21-7-6-19-18(8-10-33(25(19)37)11-13-39-16(2)35)24(21)32-22(36)14-17-4-3-5-20(23(17)27)26(28,29)30/h3-8,10,31H,9,11-14H2,1-2H3,(H,32,36). The Labute approximate surface area is 219 Å². The number of pyridine rings is 1. The predicted octanol–water partition coefficient (Wildman–Crippen LogP) is 3.88. The van der Waals surface area contributed by atoms with Crippen molar-refractivity contribution in [2.75, 3.05) is 30.4 Å². The second-order valence-electron chi connectivity index (χ2n) is 8.37. The number of hydrogen-bond donors (Lipinski definition) is 2. The normalized spacial score (nSPS) is 11.2. The summed E-state index contributed by atoms with van der Waals surface area (Å²) in [5, 5.41) is 6.01. The molecule has 0 saturated carbocycles. The molecule has 2 aromatic carbocycles. The number of hydrogen-bond acceptors (Lipinski definition) is 7. The number of carbonyl (C=O) groups is 3. The Morgan fingerprint density at radius 1 is 0.949 bits per heavy atom. The molecular formula is C26H25F4N3O6. The first-order chi connectivity index (χ1) is 18.4. The fourth-order valence-electron chi connectivity index (χ4n) is 3.78. The first kappa shape index (κ1) is 29.1. The van der Waals surface area contributed by atoms with Crippen LogP contribution in [-0.4, -0.2) is 42.2 Å². The van der Waals surface area contributed by atoms with Crippen LogP contribution in [0.1, 0.15) is 25.0 Å². The summed E-state index contributed by atoms with van der Waals surface area (Å²) >= 11 is 0. The number of esters is 2. The van der Waals surface area contributed by atoms with Gasteiger partial charge in [-0.1, -0.05) is 12.1 Å². The van der Waals surface area contributed by atoms with Gasteiger partial charge in [-0.25, -0.2) is 4.39 Å². The summed E-state index contributed by atoms with van der Waals surface area (Å²) in [6.07, 6.45) is -4.21. The molecule has 1 heterocycles. The van der Waals surface area contributed by atoms with E-state index in [1.165, 1.54) is 42.8 Å². The Bertz CT molecular complexity index is 1450. The van der Waals surface area contributed by atoms with Crippen molar-refractivity contribution in [1.29, 1.82) is 0 Å². The van der Waals surface area contributed by atoms with Gasteiger partial charge in [0.2, 0.25) is 5.91 Å². The number of nitrogens with one attached hydrogen (secondary N) is 2. The fourth-order valence-corrected chi connectivity index (χ4v) is 3.78. The van der Waals surface area contributed by atoms with Crippen molar-refractivity contribution in [3.63, 3.8) is 0 Å². The Hall–Kier alpha value is -4.42. The number of benzene rings is 2. The molecule has 0 fully saturated rings. The quantitative estimate of drug-likeness (QED) is 0.223. The number of carbonyl (C=O) groups excluding carboxylic acids is 3. The van der Waals surface area contributed by atoms with Crippen LogP contribution in [0.3, 0.4) is 0 Å². The Morgan fingerprint density at radius 3 is 2.31 bits per heavy atom. The van der Waals surface area contributed by atoms with Gasteiger partial charge in [-0.3, -0.25) is 19.2 Å². The van der Waals surface area contributed by atoms with E-state index < -0.39 is 52.9 Å². The zero-order valence-corrected chi connectivity index (χ0v) is 21.0. The highest BCUT2D eigenvalue weighted by Gasteiger charge is 2.35. The van der Waals surface area contributed by atoms with Crippen LogP contribution < -0.4 is 16.2 Å². The van der Waals surface area contributed by atoms with Crippen molar-refractivity contribution in [2.45, 2.75) is 33.0 Å². The minimum absolute atomic E-state index is 0.00601. The van der Waals surface area contributed by atoms with E-state index in [2.05, 4.69) is 10.6 Å². The maximum atomic E-state index is 14.5. The molecule has 9 nitrogen and oxygen atoms in total. The summed E-state index contributed by atoms with van der Waals surface area (Å²) in [4.78, 5) is 48.0. The number of alkyl halides is 3. The van der Waals surface area contributed by atoms with Crippen LogP contribution in [0.25, 0.3) is 10.8 Å². The maximum absolute atomic E-state index is 14.5. The Morgan fingerprint density at radius 2 is 1.64 bits per heavy atom. The van der Waals surface area contributed by atoms with Crippen LogP contribution in [0.2, 0.25) is 0 Å². The Balaban J connectivity index is 1.94. The van der Waals surface area contributed by atoms with Crippen molar-refractivity contribution >= 4 is 40.0 Å². The molecule has 0 aliphatic carbocycles. The molecule has 3 aromatic rings. The summed E-state index contributed by atoms with van der Waals surface area (Å²) < 4.78 is 64.8. The molecule has 0 aliphatic rings. The number of anilines is 2. The third-order valence-electron chi connectivity index (χ3n) is 5.52. The van der Waals surface area contributed by atoms with Crippen molar-refractivity contribution in [2.24, 2.45) is 0 Å². The molecule has 0 aliphatic heterocycles. The Kier molecular flexibility index (Phi) is 9.28. The molecule has 0 radical (unpaired) electrons. The van der Waals surface area contributed by atoms with Gasteiger partial charge in [0.05, 0.1) is 29.9 Å². The molecule has 1 amide bonds. The van der Waals surface area contributed by atoms with Crippen molar-refractivity contribution in [3.8, 4) is 0 Å². The van der Waals surface area contributed by atoms with Gasteiger partial charge in [-0.15, -0.1) is 0 Å². The number of rotatable bonds is 10. The smallest absolute Gasteiger partial charge is 0.419 e. The van der Waals surface area contributed by atoms with E-state index in [9.17, 15) is 36.7 Å². The van der Waals surface area contributed by atoms with E-state index in [1.54, 1.807) is 0 Å². The number of fused-ring (bicyclic) bond motifs is 1. The average molecular weight is 551 g/mol. The molecule has 208 valence electrons. The fraction of sp³-hybridized carbons (Fsp3) is 0.308. The van der Waals surface area contributed by atoms with E-state index in [-0.39, 0.29) is 37.4 Å². The van der Waals surface area contributed by atoms with Crippen LogP contribution in [-0.2, 0) is 43.0 Å². The van der Waals surface area contributed by atoms with Crippen LogP contribution in [0.4, 0.5) is 28.9 Å². The third kappa shape index (κ3) is 7.55. The van der Waals surface area contributed by atoms with E-state index in [4.69, 9.17) is 9.47 Å². The summed E-state index contributed by atoms with van der Waals surface area (Å²) in [5.41, 5.74) is -1.95. The molecule has 0 bridgehead atoms. The summed E-state index contributed by atoms with van der Waals surface area (Å²) in [5.74, 6) is -3.38. The number of aromatic nitrogens is 1. The van der Waals surface area contributed by atoms with E-state index in [1.807, 2.05) is 0 Å². The van der Waals surface area contributed by atoms with Crippen LogP contribution in [0.15, 0.2) is 47.4 Å². The van der Waals surface area contributed by atoms with Crippen molar-refractivity contribution in [1.82, 2.24) is 4.57 Å². The average Bonchev–Trinajstić information content (AvgIpc) is 2.84. The summed E-state index contributed by atoms with van der Waals surface area (Å²) in [6, 6.07) is 7.19. The molecule has 2 N–H and O–H groups in total. The zero-order chi connectivity index (χ0) is 28.7. The number of ether oxygens (including phenoxy) is 2. The highest BCUT2D eigenvalue weighted by molar-refractivity contribution is 6.07. The lowest BCUT2D eigenvalue weighted by molar-refractivity contribution is -0.141. The van der Waals surface area contributed by atoms with E-state index in [0.29, 0.717) is 17.1 Å². The molecule has 39 heavy (non-hydrogen) atoms. The molecule has 0 unspecified atom stereocenters. The first-order valence-electron chi connectivity index (χ1n) is 11.7. The molecule has 3 rings (SSSR count). The first-order valence-corrected chi connectivity index (χ1v) is 11.7. The second kappa shape index (κ2) is 12.4. The summed E-state index contributed by atoms with van der Waals surface area (Å²) in [7, 11) is 0. The largest absolute Gasteiger partial charge is 0.464 e. The molecule has 0 saturated heterocycles. The van der Waals surface area contributed by atoms with Gasteiger partial charge < -0.3 is 24.7 Å². The highest BCUT2D eigenvalue weighted by Crippen LogP contribution is 2.33. The van der Waals surface area contributed by atoms with Gasteiger partial charge in [0.1, 0.15) is 19.0 Å². The predicted molar refractivity (Wildman–Crippen MR) is 134 cm³/mol. The number of halogens is 4. The second-order valence-corrected chi connectivity index (χ2v) is 8.37. The topological polar surface area (TPSA) is 116 Å². The minimum Gasteiger partial charge on any atom is -0.464 e. The van der Waals surface area contributed by atoms with Gasteiger partial charge >= 0.3 is 18.1 Å². The molecule has 0 spiro atoms. The highest BCUT2D eigenvalue weighted by atomic mass is 19.4. The SMILES string of the molecule is CC(=O)OCCNc1ccc2c(=O)n(CCOC(C)=O)ccc2c1NC(=O)Cc1cccc(C(F)(F)F)c1F. The lowest BCUT2D eigenvalue weighted by Gasteiger charge is -2.17. The van der Waals surface area contributed by atoms with Crippen molar-refractivity contribution < 1.29 is 41.4 Å². The van der Waals surface area contributed by atoms with Gasteiger partial charge in [-0.2, -0.15) is 13.2 Å². The molecule has 0 atom stereocenters. The minimum atomic E-state index is -4.93. The van der Waals surface area contributed by atoms with Gasteiger partial charge in [0, 0.05) is 37.4 Å². The molecule has 13 heteroatoms. The number of amides is 1. The van der Waals surface area contributed by atoms with E-state index >= 15 is 0 Å². The van der Waals surface area contributed by atoms with Gasteiger partial charge in [0.15, 0.2) is 0 Å². The van der Waals surface area contributed by atoms with Crippen LogP contribution in [0, 0.1) is 5.82 Å². The lowest BCUT2D eigenvalue weighted by Crippen LogP contribution is -2.23. The molecule has 1 aromatic heterocycles. The van der Waals surface area contributed by atoms with Gasteiger partial charge in [-0.05, 0) is 29.8 Å². The van der Waals surface area contributed by atoms with Crippen molar-refractivity contribution in [3.05, 3.63) is 69.9 Å². The zero-order valence-electron chi connectivity index (χ0n) is 21.0.